The van der Waals surface area contributed by atoms with Crippen molar-refractivity contribution < 1.29 is 18.4 Å². The number of rotatable bonds is 3. The van der Waals surface area contributed by atoms with E-state index in [1.54, 1.807) is 12.1 Å². The van der Waals surface area contributed by atoms with Crippen LogP contribution in [0.2, 0.25) is 0 Å². The molecular weight excluding hydrogens is 239 g/mol. The molecule has 1 rings (SSSR count). The smallest absolute Gasteiger partial charge is 0.394 e. The topological polar surface area (TPSA) is 32.6 Å². The van der Waals surface area contributed by atoms with Crippen LogP contribution in [0.3, 0.4) is 0 Å². The van der Waals surface area contributed by atoms with Gasteiger partial charge in [-0.1, -0.05) is 17.3 Å². The Labute approximate surface area is 95.2 Å². The fourth-order valence-electron chi connectivity index (χ4n) is 1.17. The Morgan fingerprint density at radius 1 is 1.31 bits per heavy atom. The molecule has 6 heteroatoms. The molecule has 1 aromatic rings. The van der Waals surface area contributed by atoms with Gasteiger partial charge >= 0.3 is 6.18 Å². The summed E-state index contributed by atoms with van der Waals surface area (Å²) in [5, 5.41) is 11.2. The van der Waals surface area contributed by atoms with Crippen LogP contribution in [0, 0.1) is 0 Å². The molecule has 0 unspecified atom stereocenters. The van der Waals surface area contributed by atoms with Gasteiger partial charge in [-0.2, -0.15) is 13.2 Å². The van der Waals surface area contributed by atoms with E-state index in [-0.39, 0.29) is 11.3 Å². The van der Waals surface area contributed by atoms with E-state index < -0.39 is 12.6 Å². The van der Waals surface area contributed by atoms with Crippen LogP contribution in [0.25, 0.3) is 0 Å². The fourth-order valence-corrected chi connectivity index (χ4v) is 1.58. The van der Waals surface area contributed by atoms with Crippen molar-refractivity contribution in [3.8, 4) is 0 Å². The Morgan fingerprint density at radius 2 is 1.88 bits per heavy atom. The third-order valence-corrected chi connectivity index (χ3v) is 2.66. The maximum Gasteiger partial charge on any atom is 0.394 e. The van der Waals surface area contributed by atoms with Gasteiger partial charge in [-0.15, -0.1) is 11.8 Å². The molecule has 1 N–H and O–H groups in total. The predicted octanol–water partition coefficient (Wildman–Crippen LogP) is 3.54. The summed E-state index contributed by atoms with van der Waals surface area (Å²) in [6, 6.07) is 6.38. The number of benzene rings is 1. The summed E-state index contributed by atoms with van der Waals surface area (Å²) in [4.78, 5) is 0.938. The van der Waals surface area contributed by atoms with E-state index in [9.17, 15) is 13.2 Å². The molecule has 1 aromatic carbocycles. The van der Waals surface area contributed by atoms with Gasteiger partial charge in [0.2, 0.25) is 0 Å². The molecule has 88 valence electrons. The van der Waals surface area contributed by atoms with Crippen molar-refractivity contribution in [2.75, 3.05) is 6.26 Å². The number of alkyl halides is 3. The minimum atomic E-state index is -4.38. The number of nitrogens with zero attached hydrogens (tertiary/aromatic N) is 1. The first-order valence-corrected chi connectivity index (χ1v) is 5.61. The Kier molecular flexibility index (Phi) is 4.23. The molecule has 0 saturated heterocycles. The Hall–Kier alpha value is -1.17. The Bertz CT molecular complexity index is 373. The van der Waals surface area contributed by atoms with Crippen molar-refractivity contribution in [2.45, 2.75) is 17.5 Å². The van der Waals surface area contributed by atoms with Gasteiger partial charge in [0.1, 0.15) is 0 Å². The van der Waals surface area contributed by atoms with Crippen LogP contribution in [0.1, 0.15) is 12.0 Å². The van der Waals surface area contributed by atoms with Crippen molar-refractivity contribution in [1.82, 2.24) is 0 Å². The summed E-state index contributed by atoms with van der Waals surface area (Å²) in [5.41, 5.74) is -0.0993. The van der Waals surface area contributed by atoms with Crippen LogP contribution in [-0.2, 0) is 0 Å². The molecule has 0 saturated carbocycles. The first-order chi connectivity index (χ1) is 7.46. The van der Waals surface area contributed by atoms with Crippen LogP contribution in [0.15, 0.2) is 34.3 Å². The summed E-state index contributed by atoms with van der Waals surface area (Å²) < 4.78 is 36.4. The number of oxime groups is 1. The SMILES string of the molecule is CSc1ccc(C(CC(F)(F)F)=NO)cc1. The minimum absolute atomic E-state index is 0.276. The minimum Gasteiger partial charge on any atom is -0.411 e. The third-order valence-electron chi connectivity index (χ3n) is 1.91. The summed E-state index contributed by atoms with van der Waals surface area (Å²) in [6.45, 7) is 0. The Morgan fingerprint density at radius 3 is 2.25 bits per heavy atom. The van der Waals surface area contributed by atoms with Crippen molar-refractivity contribution >= 4 is 17.5 Å². The summed E-state index contributed by atoms with van der Waals surface area (Å²) in [7, 11) is 0. The molecule has 0 fully saturated rings. The summed E-state index contributed by atoms with van der Waals surface area (Å²) in [6.07, 6.45) is -3.74. The average Bonchev–Trinajstić information content (AvgIpc) is 2.25. The molecule has 0 aliphatic heterocycles. The van der Waals surface area contributed by atoms with Crippen molar-refractivity contribution in [3.05, 3.63) is 29.8 Å². The van der Waals surface area contributed by atoms with Gasteiger partial charge in [0.25, 0.3) is 0 Å². The largest absolute Gasteiger partial charge is 0.411 e. The van der Waals surface area contributed by atoms with E-state index in [0.29, 0.717) is 0 Å². The molecule has 2 nitrogen and oxygen atoms in total. The van der Waals surface area contributed by atoms with E-state index >= 15 is 0 Å². The first-order valence-electron chi connectivity index (χ1n) is 4.38. The van der Waals surface area contributed by atoms with Gasteiger partial charge in [-0.25, -0.2) is 0 Å². The molecular formula is C10H10F3NOS. The van der Waals surface area contributed by atoms with E-state index in [4.69, 9.17) is 5.21 Å². The lowest BCUT2D eigenvalue weighted by Gasteiger charge is -2.08. The zero-order chi connectivity index (χ0) is 12.2. The molecule has 0 heterocycles. The second-order valence-electron chi connectivity index (χ2n) is 3.07. The van der Waals surface area contributed by atoms with Gasteiger partial charge in [0, 0.05) is 4.90 Å². The normalized spacial score (nSPS) is 12.9. The highest BCUT2D eigenvalue weighted by Gasteiger charge is 2.30. The summed E-state index contributed by atoms with van der Waals surface area (Å²) in [5.74, 6) is 0. The monoisotopic (exact) mass is 249 g/mol. The second kappa shape index (κ2) is 5.25. The van der Waals surface area contributed by atoms with Crippen LogP contribution in [0.5, 0.6) is 0 Å². The van der Waals surface area contributed by atoms with Crippen LogP contribution in [0.4, 0.5) is 13.2 Å². The molecule has 16 heavy (non-hydrogen) atoms. The summed E-state index contributed by atoms with van der Waals surface area (Å²) >= 11 is 1.49. The number of halogens is 3. The molecule has 0 aromatic heterocycles. The van der Waals surface area contributed by atoms with Crippen molar-refractivity contribution in [2.24, 2.45) is 5.16 Å². The Balaban J connectivity index is 2.88. The molecule has 0 aliphatic rings. The molecule has 0 atom stereocenters. The molecule has 0 spiro atoms. The van der Waals surface area contributed by atoms with Crippen LogP contribution in [-0.4, -0.2) is 23.4 Å². The van der Waals surface area contributed by atoms with Gasteiger partial charge in [-0.05, 0) is 24.0 Å². The average molecular weight is 249 g/mol. The highest BCUT2D eigenvalue weighted by molar-refractivity contribution is 7.98. The molecule has 0 amide bonds. The molecule has 0 bridgehead atoms. The van der Waals surface area contributed by atoms with Gasteiger partial charge in [0.05, 0.1) is 12.1 Å². The number of hydrogen-bond donors (Lipinski definition) is 1. The van der Waals surface area contributed by atoms with E-state index in [1.165, 1.54) is 23.9 Å². The van der Waals surface area contributed by atoms with E-state index in [1.807, 2.05) is 6.26 Å². The first kappa shape index (κ1) is 12.9. The van der Waals surface area contributed by atoms with Crippen LogP contribution >= 0.6 is 11.8 Å². The zero-order valence-corrected chi connectivity index (χ0v) is 9.27. The number of hydrogen-bond acceptors (Lipinski definition) is 3. The quantitative estimate of drug-likeness (QED) is 0.384. The maximum atomic E-state index is 12.1. The van der Waals surface area contributed by atoms with Crippen LogP contribution < -0.4 is 0 Å². The second-order valence-corrected chi connectivity index (χ2v) is 3.95. The molecule has 0 aliphatic carbocycles. The lowest BCUT2D eigenvalue weighted by Crippen LogP contribution is -2.15. The van der Waals surface area contributed by atoms with Crippen molar-refractivity contribution in [1.29, 1.82) is 0 Å². The van der Waals surface area contributed by atoms with E-state index in [0.717, 1.165) is 4.90 Å². The molecule has 0 radical (unpaired) electrons. The number of thioether (sulfide) groups is 1. The van der Waals surface area contributed by atoms with E-state index in [2.05, 4.69) is 5.16 Å². The lowest BCUT2D eigenvalue weighted by molar-refractivity contribution is -0.121. The standard InChI is InChI=1S/C10H10F3NOS/c1-16-8-4-2-7(3-5-8)9(14-15)6-10(11,12)13/h2-5,15H,6H2,1H3. The highest BCUT2D eigenvalue weighted by atomic mass is 32.2. The predicted molar refractivity (Wildman–Crippen MR) is 57.2 cm³/mol. The lowest BCUT2D eigenvalue weighted by atomic mass is 10.1. The maximum absolute atomic E-state index is 12.1. The van der Waals surface area contributed by atoms with Crippen molar-refractivity contribution in [3.63, 3.8) is 0 Å². The van der Waals surface area contributed by atoms with Gasteiger partial charge < -0.3 is 5.21 Å². The zero-order valence-electron chi connectivity index (χ0n) is 8.45. The van der Waals surface area contributed by atoms with Gasteiger partial charge in [-0.3, -0.25) is 0 Å². The third kappa shape index (κ3) is 3.77. The van der Waals surface area contributed by atoms with Gasteiger partial charge in [0.15, 0.2) is 0 Å². The fraction of sp³-hybridized carbons (Fsp3) is 0.300. The highest BCUT2D eigenvalue weighted by Crippen LogP contribution is 2.23.